The van der Waals surface area contributed by atoms with E-state index in [9.17, 15) is 0 Å². The van der Waals surface area contributed by atoms with Crippen molar-refractivity contribution in [2.24, 2.45) is 0 Å². The van der Waals surface area contributed by atoms with Crippen LogP contribution in [0.1, 0.15) is 69.6 Å². The normalized spacial score (nSPS) is 16.6. The van der Waals surface area contributed by atoms with Gasteiger partial charge >= 0.3 is 0 Å². The molecule has 0 atom stereocenters. The van der Waals surface area contributed by atoms with E-state index in [1.807, 2.05) is 6.07 Å². The van der Waals surface area contributed by atoms with Crippen molar-refractivity contribution in [2.75, 3.05) is 11.5 Å². The van der Waals surface area contributed by atoms with Crippen LogP contribution in [0.4, 0.5) is 11.4 Å². The lowest BCUT2D eigenvalue weighted by atomic mass is 9.84. The van der Waals surface area contributed by atoms with E-state index in [0.717, 1.165) is 24.2 Å². The zero-order valence-corrected chi connectivity index (χ0v) is 12.7. The number of unbranched alkanes of at least 4 members (excludes halogenated alkanes) is 3. The van der Waals surface area contributed by atoms with Crippen LogP contribution in [0.3, 0.4) is 0 Å². The molecule has 1 aliphatic rings. The average Bonchev–Trinajstić information content (AvgIpc) is 2.64. The van der Waals surface area contributed by atoms with Crippen molar-refractivity contribution in [3.05, 3.63) is 22.8 Å². The van der Waals surface area contributed by atoms with E-state index in [2.05, 4.69) is 20.8 Å². The molecule has 2 nitrogen and oxygen atoms in total. The van der Waals surface area contributed by atoms with E-state index >= 15 is 0 Å². The molecule has 0 heterocycles. The second-order valence-electron chi connectivity index (χ2n) is 6.58. The van der Waals surface area contributed by atoms with E-state index in [1.165, 1.54) is 48.8 Å². The molecule has 19 heavy (non-hydrogen) atoms. The fourth-order valence-corrected chi connectivity index (χ4v) is 3.49. The Morgan fingerprint density at radius 3 is 2.53 bits per heavy atom. The Bertz CT molecular complexity index is 461. The Morgan fingerprint density at radius 1 is 1.11 bits per heavy atom. The fourth-order valence-electron chi connectivity index (χ4n) is 3.49. The molecule has 0 aromatic heterocycles. The molecule has 1 aliphatic carbocycles. The molecule has 2 rings (SSSR count). The molecule has 0 saturated carbocycles. The number of hydrogen-bond donors (Lipinski definition) is 2. The lowest BCUT2D eigenvalue weighted by molar-refractivity contribution is 0.524. The number of fused-ring (bicyclic) bond motifs is 1. The average molecular weight is 260 g/mol. The van der Waals surface area contributed by atoms with Crippen LogP contribution in [0.2, 0.25) is 0 Å². The Hall–Kier alpha value is -1.18. The van der Waals surface area contributed by atoms with E-state index in [1.54, 1.807) is 0 Å². The highest BCUT2D eigenvalue weighted by atomic mass is 14.6. The summed E-state index contributed by atoms with van der Waals surface area (Å²) in [4.78, 5) is 0. The first-order valence-corrected chi connectivity index (χ1v) is 7.67. The molecular weight excluding hydrogens is 232 g/mol. The molecule has 1 aromatic rings. The molecule has 2 heteroatoms. The predicted molar refractivity (Wildman–Crippen MR) is 84.5 cm³/mol. The second kappa shape index (κ2) is 5.44. The summed E-state index contributed by atoms with van der Waals surface area (Å²) >= 11 is 0. The monoisotopic (exact) mass is 260 g/mol. The second-order valence-corrected chi connectivity index (χ2v) is 6.58. The summed E-state index contributed by atoms with van der Waals surface area (Å²) in [7, 11) is 0. The van der Waals surface area contributed by atoms with Gasteiger partial charge in [0.05, 0.1) is 0 Å². The molecule has 0 radical (unpaired) electrons. The zero-order valence-electron chi connectivity index (χ0n) is 12.7. The molecule has 0 fully saturated rings. The van der Waals surface area contributed by atoms with Gasteiger partial charge in [-0.25, -0.2) is 0 Å². The molecule has 106 valence electrons. The summed E-state index contributed by atoms with van der Waals surface area (Å²) in [5, 5.41) is 0. The van der Waals surface area contributed by atoms with Gasteiger partial charge in [0.15, 0.2) is 0 Å². The van der Waals surface area contributed by atoms with Gasteiger partial charge in [-0.15, -0.1) is 0 Å². The first kappa shape index (κ1) is 14.2. The topological polar surface area (TPSA) is 52.0 Å². The minimum atomic E-state index is 0.214. The van der Waals surface area contributed by atoms with Crippen molar-refractivity contribution in [1.82, 2.24) is 0 Å². The maximum Gasteiger partial charge on any atom is 0.0375 e. The van der Waals surface area contributed by atoms with Gasteiger partial charge in [0.25, 0.3) is 0 Å². The van der Waals surface area contributed by atoms with Crippen LogP contribution >= 0.6 is 0 Å². The van der Waals surface area contributed by atoms with Gasteiger partial charge < -0.3 is 11.5 Å². The van der Waals surface area contributed by atoms with Crippen molar-refractivity contribution in [2.45, 2.75) is 71.1 Å². The van der Waals surface area contributed by atoms with Crippen LogP contribution in [0.5, 0.6) is 0 Å². The molecule has 4 N–H and O–H groups in total. The SMILES string of the molecule is CCCCCCc1c(N)cc(N)c2c1CCC2(C)C. The molecule has 0 saturated heterocycles. The summed E-state index contributed by atoms with van der Waals surface area (Å²) in [6.07, 6.45) is 8.60. The number of nitrogens with two attached hydrogens (primary N) is 2. The van der Waals surface area contributed by atoms with E-state index in [4.69, 9.17) is 11.5 Å². The summed E-state index contributed by atoms with van der Waals surface area (Å²) in [6, 6.07) is 1.99. The highest BCUT2D eigenvalue weighted by Gasteiger charge is 2.33. The first-order valence-electron chi connectivity index (χ1n) is 7.67. The van der Waals surface area contributed by atoms with Crippen molar-refractivity contribution in [3.63, 3.8) is 0 Å². The summed E-state index contributed by atoms with van der Waals surface area (Å²) in [5.41, 5.74) is 18.7. The molecular formula is C17H28N2. The van der Waals surface area contributed by atoms with Gasteiger partial charge in [0.1, 0.15) is 0 Å². The van der Waals surface area contributed by atoms with E-state index < -0.39 is 0 Å². The molecule has 0 amide bonds. The highest BCUT2D eigenvalue weighted by Crippen LogP contribution is 2.45. The lowest BCUT2D eigenvalue weighted by Crippen LogP contribution is -2.15. The third-order valence-electron chi connectivity index (χ3n) is 4.57. The lowest BCUT2D eigenvalue weighted by Gasteiger charge is -2.22. The Morgan fingerprint density at radius 2 is 1.84 bits per heavy atom. The van der Waals surface area contributed by atoms with Crippen molar-refractivity contribution < 1.29 is 0 Å². The number of benzene rings is 1. The van der Waals surface area contributed by atoms with Crippen LogP contribution in [-0.2, 0) is 18.3 Å². The van der Waals surface area contributed by atoms with Gasteiger partial charge in [-0.1, -0.05) is 40.0 Å². The van der Waals surface area contributed by atoms with Crippen LogP contribution in [-0.4, -0.2) is 0 Å². The molecule has 0 bridgehead atoms. The molecule has 0 aliphatic heterocycles. The van der Waals surface area contributed by atoms with Crippen LogP contribution in [0, 0.1) is 0 Å². The minimum Gasteiger partial charge on any atom is -0.398 e. The molecule has 0 unspecified atom stereocenters. The van der Waals surface area contributed by atoms with Crippen molar-refractivity contribution in [3.8, 4) is 0 Å². The summed E-state index contributed by atoms with van der Waals surface area (Å²) in [5.74, 6) is 0. The van der Waals surface area contributed by atoms with Crippen LogP contribution in [0.15, 0.2) is 6.07 Å². The van der Waals surface area contributed by atoms with Gasteiger partial charge in [0.2, 0.25) is 0 Å². The summed E-state index contributed by atoms with van der Waals surface area (Å²) < 4.78 is 0. The predicted octanol–water partition coefficient (Wildman–Crippen LogP) is 4.20. The fraction of sp³-hybridized carbons (Fsp3) is 0.647. The Balaban J connectivity index is 2.27. The number of hydrogen-bond acceptors (Lipinski definition) is 2. The third kappa shape index (κ3) is 2.72. The van der Waals surface area contributed by atoms with Gasteiger partial charge in [-0.05, 0) is 53.9 Å². The third-order valence-corrected chi connectivity index (χ3v) is 4.57. The smallest absolute Gasteiger partial charge is 0.0375 e. The zero-order chi connectivity index (χ0) is 14.0. The van der Waals surface area contributed by atoms with Gasteiger partial charge in [-0.2, -0.15) is 0 Å². The van der Waals surface area contributed by atoms with Crippen LogP contribution < -0.4 is 11.5 Å². The number of rotatable bonds is 5. The number of anilines is 2. The Kier molecular flexibility index (Phi) is 4.07. The maximum atomic E-state index is 6.22. The van der Waals surface area contributed by atoms with Crippen molar-refractivity contribution >= 4 is 11.4 Å². The van der Waals surface area contributed by atoms with Gasteiger partial charge in [0, 0.05) is 11.4 Å². The summed E-state index contributed by atoms with van der Waals surface area (Å²) in [6.45, 7) is 6.84. The quantitative estimate of drug-likeness (QED) is 0.616. The standard InChI is InChI=1S/C17H28N2/c1-4-5-6-7-8-12-13-9-10-17(2,3)16(13)15(19)11-14(12)18/h11H,4-10,18-19H2,1-3H3. The van der Waals surface area contributed by atoms with E-state index in [-0.39, 0.29) is 5.41 Å². The Labute approximate surface area is 117 Å². The minimum absolute atomic E-state index is 0.214. The molecule has 0 spiro atoms. The van der Waals surface area contributed by atoms with Gasteiger partial charge in [-0.3, -0.25) is 0 Å². The highest BCUT2D eigenvalue weighted by molar-refractivity contribution is 5.69. The molecule has 1 aromatic carbocycles. The maximum absolute atomic E-state index is 6.22. The number of nitrogen functional groups attached to an aromatic ring is 2. The van der Waals surface area contributed by atoms with E-state index in [0.29, 0.717) is 0 Å². The van der Waals surface area contributed by atoms with Crippen LogP contribution in [0.25, 0.3) is 0 Å². The first-order chi connectivity index (χ1) is 8.97. The van der Waals surface area contributed by atoms with Crippen molar-refractivity contribution in [1.29, 1.82) is 0 Å². The largest absolute Gasteiger partial charge is 0.398 e.